The predicted molar refractivity (Wildman–Crippen MR) is 98.0 cm³/mol. The van der Waals surface area contributed by atoms with Crippen LogP contribution in [0.2, 0.25) is 0 Å². The Balaban J connectivity index is 1.47. The number of nitriles is 1. The third-order valence-corrected chi connectivity index (χ3v) is 5.13. The van der Waals surface area contributed by atoms with Crippen LogP contribution in [0.5, 0.6) is 0 Å². The van der Waals surface area contributed by atoms with Gasteiger partial charge in [-0.2, -0.15) is 5.26 Å². The molecule has 0 aliphatic heterocycles. The second-order valence-electron chi connectivity index (χ2n) is 5.96. The van der Waals surface area contributed by atoms with Crippen molar-refractivity contribution in [1.29, 1.82) is 5.26 Å². The molecule has 0 atom stereocenters. The van der Waals surface area contributed by atoms with E-state index in [1.165, 1.54) is 11.8 Å². The van der Waals surface area contributed by atoms with Crippen LogP contribution in [0, 0.1) is 11.3 Å². The van der Waals surface area contributed by atoms with Crippen LogP contribution in [0.15, 0.2) is 41.4 Å². The highest BCUT2D eigenvalue weighted by Gasteiger charge is 2.17. The van der Waals surface area contributed by atoms with Crippen molar-refractivity contribution in [3.63, 3.8) is 0 Å². The van der Waals surface area contributed by atoms with E-state index < -0.39 is 5.97 Å². The van der Waals surface area contributed by atoms with E-state index in [0.29, 0.717) is 21.9 Å². The average Bonchev–Trinajstić information content (AvgIpc) is 3.13. The van der Waals surface area contributed by atoms with Crippen LogP contribution < -0.4 is 0 Å². The first-order valence-electron chi connectivity index (χ1n) is 8.47. The summed E-state index contributed by atoms with van der Waals surface area (Å²) in [6, 6.07) is 12.8. The number of carbonyl (C=O) groups is 2. The molecule has 0 saturated heterocycles. The number of aromatic nitrogens is 1. The fourth-order valence-corrected chi connectivity index (χ4v) is 3.70. The number of thioether (sulfide) groups is 1. The molecule has 0 spiro atoms. The summed E-state index contributed by atoms with van der Waals surface area (Å²) in [5, 5.41) is 9.95. The van der Waals surface area contributed by atoms with Crippen molar-refractivity contribution in [2.75, 3.05) is 12.4 Å². The topological polar surface area (TPSA) is 80.1 Å². The Morgan fingerprint density at radius 2 is 2.04 bits per heavy atom. The number of hydrogen-bond acceptors (Lipinski definition) is 6. The first-order chi connectivity index (χ1) is 12.7. The summed E-state index contributed by atoms with van der Waals surface area (Å²) in [7, 11) is 0. The van der Waals surface area contributed by atoms with Gasteiger partial charge >= 0.3 is 5.97 Å². The van der Waals surface area contributed by atoms with Crippen LogP contribution in [-0.2, 0) is 22.4 Å². The number of ketones is 1. The van der Waals surface area contributed by atoms with Gasteiger partial charge in [0.05, 0.1) is 12.0 Å². The van der Waals surface area contributed by atoms with Crippen LogP contribution in [0.4, 0.5) is 0 Å². The van der Waals surface area contributed by atoms with Crippen molar-refractivity contribution >= 4 is 23.5 Å². The van der Waals surface area contributed by atoms with E-state index in [1.54, 1.807) is 24.3 Å². The van der Waals surface area contributed by atoms with Crippen molar-refractivity contribution in [2.24, 2.45) is 0 Å². The first-order valence-corrected chi connectivity index (χ1v) is 9.45. The van der Waals surface area contributed by atoms with E-state index >= 15 is 0 Å². The number of carbonyl (C=O) groups excluding carboxylic acids is 2. The summed E-state index contributed by atoms with van der Waals surface area (Å²) >= 11 is 1.38. The molecule has 0 N–H and O–H groups in total. The smallest absolute Gasteiger partial charge is 0.307 e. The van der Waals surface area contributed by atoms with Crippen LogP contribution in [0.25, 0.3) is 0 Å². The average molecular weight is 366 g/mol. The summed E-state index contributed by atoms with van der Waals surface area (Å²) in [4.78, 5) is 28.3. The maximum atomic E-state index is 11.9. The maximum absolute atomic E-state index is 11.9. The van der Waals surface area contributed by atoms with Gasteiger partial charge in [0.25, 0.3) is 0 Å². The van der Waals surface area contributed by atoms with Gasteiger partial charge in [-0.05, 0) is 30.9 Å². The maximum Gasteiger partial charge on any atom is 0.307 e. The second kappa shape index (κ2) is 8.63. The number of pyridine rings is 1. The van der Waals surface area contributed by atoms with Crippen LogP contribution in [-0.4, -0.2) is 29.1 Å². The van der Waals surface area contributed by atoms with E-state index in [4.69, 9.17) is 4.74 Å². The number of Topliss-reactive ketones (excluding diaryl/α,β-unsaturated/α-hetero) is 1. The van der Waals surface area contributed by atoms with E-state index in [1.807, 2.05) is 12.1 Å². The third-order valence-electron chi connectivity index (χ3n) is 4.14. The molecule has 0 unspecified atom stereocenters. The number of fused-ring (bicyclic) bond motifs is 1. The molecule has 1 heterocycles. The lowest BCUT2D eigenvalue weighted by atomic mass is 10.1. The highest BCUT2D eigenvalue weighted by Crippen LogP contribution is 2.28. The number of rotatable bonds is 7. The quantitative estimate of drug-likeness (QED) is 0.425. The van der Waals surface area contributed by atoms with Crippen molar-refractivity contribution in [3.05, 3.63) is 58.8 Å². The van der Waals surface area contributed by atoms with Gasteiger partial charge in [0, 0.05) is 17.0 Å². The minimum absolute atomic E-state index is 0.163. The Kier molecular flexibility index (Phi) is 6.03. The van der Waals surface area contributed by atoms with Crippen LogP contribution in [0.1, 0.15) is 40.0 Å². The largest absolute Gasteiger partial charge is 0.457 e. The Morgan fingerprint density at radius 1 is 1.23 bits per heavy atom. The standard InChI is InChI=1S/C20H18N2O3S/c21-12-16-11-15-7-4-8-17(15)22-20(16)26-10-9-19(24)25-13-18(23)14-5-2-1-3-6-14/h1-3,5-6,11H,4,7-10,13H2. The lowest BCUT2D eigenvalue weighted by Gasteiger charge is -2.07. The molecule has 3 rings (SSSR count). The summed E-state index contributed by atoms with van der Waals surface area (Å²) in [5.41, 5.74) is 3.30. The predicted octanol–water partition coefficient (Wildman–Crippen LogP) is 3.35. The number of nitrogens with zero attached hydrogens (tertiary/aromatic N) is 2. The monoisotopic (exact) mass is 366 g/mol. The minimum atomic E-state index is -0.429. The molecule has 132 valence electrons. The lowest BCUT2D eigenvalue weighted by molar-refractivity contribution is -0.141. The second-order valence-corrected chi connectivity index (χ2v) is 7.04. The van der Waals surface area contributed by atoms with Gasteiger partial charge in [0.1, 0.15) is 11.1 Å². The third kappa shape index (κ3) is 4.50. The molecule has 26 heavy (non-hydrogen) atoms. The Bertz CT molecular complexity index is 859. The van der Waals surface area contributed by atoms with Gasteiger partial charge in [0.2, 0.25) is 0 Å². The number of hydrogen-bond donors (Lipinski definition) is 0. The molecule has 1 aromatic heterocycles. The molecule has 0 bridgehead atoms. The number of benzene rings is 1. The molecule has 2 aromatic rings. The van der Waals surface area contributed by atoms with Crippen molar-refractivity contribution in [2.45, 2.75) is 30.7 Å². The van der Waals surface area contributed by atoms with Gasteiger partial charge in [-0.1, -0.05) is 30.3 Å². The zero-order valence-corrected chi connectivity index (χ0v) is 15.1. The molecular formula is C20H18N2O3S. The van der Waals surface area contributed by atoms with Gasteiger partial charge in [-0.25, -0.2) is 4.98 Å². The van der Waals surface area contributed by atoms with Crippen molar-refractivity contribution in [1.82, 2.24) is 4.98 Å². The van der Waals surface area contributed by atoms with E-state index in [9.17, 15) is 14.9 Å². The Morgan fingerprint density at radius 3 is 2.81 bits per heavy atom. The first kappa shape index (κ1) is 18.2. The molecule has 6 heteroatoms. The molecule has 0 fully saturated rings. The highest BCUT2D eigenvalue weighted by molar-refractivity contribution is 7.99. The summed E-state index contributed by atoms with van der Waals surface area (Å²) in [6.45, 7) is -0.256. The molecule has 0 radical (unpaired) electrons. The highest BCUT2D eigenvalue weighted by atomic mass is 32.2. The molecular weight excluding hydrogens is 348 g/mol. The number of esters is 1. The van der Waals surface area contributed by atoms with E-state index in [2.05, 4.69) is 11.1 Å². The molecule has 1 aliphatic carbocycles. The molecule has 0 amide bonds. The SMILES string of the molecule is N#Cc1cc2c(nc1SCCC(=O)OCC(=O)c1ccccc1)CCC2. The zero-order valence-electron chi connectivity index (χ0n) is 14.2. The summed E-state index contributed by atoms with van der Waals surface area (Å²) in [5.74, 6) is -0.196. The number of ether oxygens (including phenoxy) is 1. The minimum Gasteiger partial charge on any atom is -0.457 e. The Hall–Kier alpha value is -2.65. The van der Waals surface area contributed by atoms with Gasteiger partial charge < -0.3 is 4.74 Å². The molecule has 0 saturated carbocycles. The van der Waals surface area contributed by atoms with Gasteiger partial charge in [-0.3, -0.25) is 9.59 Å². The van der Waals surface area contributed by atoms with Crippen LogP contribution >= 0.6 is 11.8 Å². The van der Waals surface area contributed by atoms with Crippen LogP contribution in [0.3, 0.4) is 0 Å². The van der Waals surface area contributed by atoms with E-state index in [-0.39, 0.29) is 18.8 Å². The normalized spacial score (nSPS) is 12.3. The molecule has 1 aliphatic rings. The van der Waals surface area contributed by atoms with Gasteiger partial charge in [-0.15, -0.1) is 11.8 Å². The molecule has 5 nitrogen and oxygen atoms in total. The lowest BCUT2D eigenvalue weighted by Crippen LogP contribution is -2.14. The van der Waals surface area contributed by atoms with Crippen molar-refractivity contribution in [3.8, 4) is 6.07 Å². The van der Waals surface area contributed by atoms with Crippen molar-refractivity contribution < 1.29 is 14.3 Å². The number of aryl methyl sites for hydroxylation is 2. The summed E-state index contributed by atoms with van der Waals surface area (Å²) < 4.78 is 5.04. The molecule has 1 aromatic carbocycles. The zero-order chi connectivity index (χ0) is 18.4. The van der Waals surface area contributed by atoms with E-state index in [0.717, 1.165) is 30.5 Å². The fourth-order valence-electron chi connectivity index (χ4n) is 2.80. The Labute approximate surface area is 156 Å². The fraction of sp³-hybridized carbons (Fsp3) is 0.300. The van der Waals surface area contributed by atoms with Gasteiger partial charge in [0.15, 0.2) is 12.4 Å². The summed E-state index contributed by atoms with van der Waals surface area (Å²) in [6.07, 6.45) is 3.15.